The number of anilines is 1. The van der Waals surface area contributed by atoms with Gasteiger partial charge in [-0.05, 0) is 62.1 Å². The molecule has 0 spiro atoms. The van der Waals surface area contributed by atoms with Crippen molar-refractivity contribution < 1.29 is 14.3 Å². The van der Waals surface area contributed by atoms with Crippen LogP contribution in [0.5, 0.6) is 0 Å². The van der Waals surface area contributed by atoms with Gasteiger partial charge in [0, 0.05) is 6.04 Å². The van der Waals surface area contributed by atoms with E-state index in [0.29, 0.717) is 22.6 Å². The Bertz CT molecular complexity index is 1130. The third-order valence-corrected chi connectivity index (χ3v) is 5.46. The van der Waals surface area contributed by atoms with Crippen LogP contribution in [0.15, 0.2) is 42.5 Å². The molecule has 1 amide bonds. The number of nitriles is 1. The van der Waals surface area contributed by atoms with Gasteiger partial charge in [0.05, 0.1) is 34.7 Å². The summed E-state index contributed by atoms with van der Waals surface area (Å²) in [4.78, 5) is 17.2. The summed E-state index contributed by atoms with van der Waals surface area (Å²) in [7, 11) is 0. The summed E-state index contributed by atoms with van der Waals surface area (Å²) < 4.78 is 15.5. The zero-order valence-corrected chi connectivity index (χ0v) is 16.0. The highest BCUT2D eigenvalue weighted by Gasteiger charge is 2.30. The summed E-state index contributed by atoms with van der Waals surface area (Å²) in [6.45, 7) is 1.48. The maximum atomic E-state index is 13.5. The van der Waals surface area contributed by atoms with Crippen LogP contribution in [0, 0.1) is 17.1 Å². The fourth-order valence-electron chi connectivity index (χ4n) is 3.67. The normalized spacial score (nSPS) is 16.1. The molecule has 4 rings (SSSR count). The van der Waals surface area contributed by atoms with Gasteiger partial charge >= 0.3 is 0 Å². The number of rotatable bonds is 5. The Morgan fingerprint density at radius 1 is 1.38 bits per heavy atom. The molecule has 0 aliphatic heterocycles. The lowest BCUT2D eigenvalue weighted by atomic mass is 9.92. The molecule has 3 aromatic rings. The first-order chi connectivity index (χ1) is 13.9. The predicted molar refractivity (Wildman–Crippen MR) is 107 cm³/mol. The average molecular weight is 392 g/mol. The third-order valence-electron chi connectivity index (χ3n) is 5.46. The van der Waals surface area contributed by atoms with E-state index in [1.54, 1.807) is 24.3 Å². The maximum absolute atomic E-state index is 13.5. The van der Waals surface area contributed by atoms with Crippen LogP contribution in [0.2, 0.25) is 0 Å². The van der Waals surface area contributed by atoms with Crippen molar-refractivity contribution in [2.45, 2.75) is 44.2 Å². The van der Waals surface area contributed by atoms with Crippen LogP contribution in [0.3, 0.4) is 0 Å². The fraction of sp³-hybridized carbons (Fsp3) is 0.318. The Morgan fingerprint density at radius 3 is 2.83 bits per heavy atom. The van der Waals surface area contributed by atoms with Gasteiger partial charge in [-0.2, -0.15) is 5.26 Å². The van der Waals surface area contributed by atoms with Gasteiger partial charge in [0.2, 0.25) is 11.9 Å². The molecule has 6 nitrogen and oxygen atoms in total. The highest BCUT2D eigenvalue weighted by Crippen LogP contribution is 2.37. The van der Waals surface area contributed by atoms with Gasteiger partial charge in [-0.25, -0.2) is 9.37 Å². The number of halogens is 1. The summed E-state index contributed by atoms with van der Waals surface area (Å²) >= 11 is 0. The largest absolute Gasteiger partial charge is 0.385 e. The molecular weight excluding hydrogens is 371 g/mol. The van der Waals surface area contributed by atoms with Gasteiger partial charge in [0.1, 0.15) is 5.82 Å². The van der Waals surface area contributed by atoms with Crippen LogP contribution in [0.1, 0.15) is 49.8 Å². The second-order valence-corrected chi connectivity index (χ2v) is 7.71. The van der Waals surface area contributed by atoms with E-state index in [0.717, 1.165) is 24.8 Å². The number of aromatic nitrogens is 2. The van der Waals surface area contributed by atoms with E-state index in [1.165, 1.54) is 25.1 Å². The second-order valence-electron chi connectivity index (χ2n) is 7.71. The number of benzene rings is 2. The number of nitrogens with zero attached hydrogens (tertiary/aromatic N) is 3. The molecule has 2 N–H and O–H groups in total. The Labute approximate surface area is 167 Å². The van der Waals surface area contributed by atoms with Crippen LogP contribution < -0.4 is 5.32 Å². The minimum Gasteiger partial charge on any atom is -0.385 e. The SMILES string of the molecule is C[C@](O)(CC(=O)Nc1nc2ccc(C#N)cc2n1C1CCC1)c1cccc(F)c1. The van der Waals surface area contributed by atoms with Gasteiger partial charge < -0.3 is 9.67 Å². The molecule has 0 radical (unpaired) electrons. The Morgan fingerprint density at radius 2 is 2.17 bits per heavy atom. The van der Waals surface area contributed by atoms with Crippen molar-refractivity contribution in [1.82, 2.24) is 9.55 Å². The van der Waals surface area contributed by atoms with E-state index < -0.39 is 17.3 Å². The van der Waals surface area contributed by atoms with E-state index >= 15 is 0 Å². The van der Waals surface area contributed by atoms with Crippen molar-refractivity contribution in [3.05, 3.63) is 59.4 Å². The number of carbonyl (C=O) groups is 1. The quantitative estimate of drug-likeness (QED) is 0.686. The highest BCUT2D eigenvalue weighted by molar-refractivity contribution is 5.92. The first-order valence-electron chi connectivity index (χ1n) is 9.58. The van der Waals surface area contributed by atoms with Crippen LogP contribution in [-0.2, 0) is 10.4 Å². The molecule has 1 aliphatic carbocycles. The highest BCUT2D eigenvalue weighted by atomic mass is 19.1. The Balaban J connectivity index is 1.62. The lowest BCUT2D eigenvalue weighted by molar-refractivity contribution is -0.120. The van der Waals surface area contributed by atoms with Crippen molar-refractivity contribution in [3.8, 4) is 6.07 Å². The van der Waals surface area contributed by atoms with E-state index in [9.17, 15) is 19.6 Å². The lowest BCUT2D eigenvalue weighted by Crippen LogP contribution is -2.30. The summed E-state index contributed by atoms with van der Waals surface area (Å²) in [5.74, 6) is -0.487. The van der Waals surface area contributed by atoms with Crippen LogP contribution in [0.25, 0.3) is 11.0 Å². The lowest BCUT2D eigenvalue weighted by Gasteiger charge is -2.29. The van der Waals surface area contributed by atoms with E-state index in [4.69, 9.17) is 0 Å². The average Bonchev–Trinajstić information content (AvgIpc) is 2.96. The van der Waals surface area contributed by atoms with Gasteiger partial charge in [-0.15, -0.1) is 0 Å². The van der Waals surface area contributed by atoms with E-state index in [1.807, 2.05) is 4.57 Å². The van der Waals surface area contributed by atoms with Gasteiger partial charge in [-0.3, -0.25) is 10.1 Å². The van der Waals surface area contributed by atoms with E-state index in [2.05, 4.69) is 16.4 Å². The number of fused-ring (bicyclic) bond motifs is 1. The predicted octanol–water partition coefficient (Wildman–Crippen LogP) is 4.01. The molecule has 0 bridgehead atoms. The zero-order valence-electron chi connectivity index (χ0n) is 16.0. The first-order valence-corrected chi connectivity index (χ1v) is 9.58. The number of amides is 1. The molecule has 0 saturated heterocycles. The first kappa shape index (κ1) is 19.1. The topological polar surface area (TPSA) is 90.9 Å². The zero-order chi connectivity index (χ0) is 20.6. The summed E-state index contributed by atoms with van der Waals surface area (Å²) in [5.41, 5.74) is 0.848. The van der Waals surface area contributed by atoms with Crippen LogP contribution in [0.4, 0.5) is 10.3 Å². The van der Waals surface area contributed by atoms with Crippen molar-refractivity contribution in [2.75, 3.05) is 5.32 Å². The summed E-state index contributed by atoms with van der Waals surface area (Å²) in [6.07, 6.45) is 2.82. The monoisotopic (exact) mass is 392 g/mol. The number of hydrogen-bond donors (Lipinski definition) is 2. The molecule has 148 valence electrons. The second kappa shape index (κ2) is 7.30. The molecular formula is C22H21FN4O2. The molecule has 2 aromatic carbocycles. The van der Waals surface area contributed by atoms with Crippen molar-refractivity contribution in [1.29, 1.82) is 5.26 Å². The van der Waals surface area contributed by atoms with Crippen LogP contribution in [-0.4, -0.2) is 20.6 Å². The molecule has 1 aromatic heterocycles. The summed E-state index contributed by atoms with van der Waals surface area (Å²) in [5, 5.41) is 22.7. The molecule has 1 atom stereocenters. The maximum Gasteiger partial charge on any atom is 0.229 e. The molecule has 1 saturated carbocycles. The van der Waals surface area contributed by atoms with Crippen molar-refractivity contribution in [2.24, 2.45) is 0 Å². The number of hydrogen-bond acceptors (Lipinski definition) is 4. The Hall–Kier alpha value is -3.24. The minimum absolute atomic E-state index is 0.216. The van der Waals surface area contributed by atoms with E-state index in [-0.39, 0.29) is 12.5 Å². The van der Waals surface area contributed by atoms with Gasteiger partial charge in [0.25, 0.3) is 0 Å². The minimum atomic E-state index is -1.52. The van der Waals surface area contributed by atoms with Crippen molar-refractivity contribution in [3.63, 3.8) is 0 Å². The number of carbonyl (C=O) groups excluding carboxylic acids is 1. The van der Waals surface area contributed by atoms with Crippen LogP contribution >= 0.6 is 0 Å². The molecule has 1 heterocycles. The molecule has 29 heavy (non-hydrogen) atoms. The Kier molecular flexibility index (Phi) is 4.81. The number of nitrogens with one attached hydrogen (secondary N) is 1. The number of imidazole rings is 1. The third kappa shape index (κ3) is 3.71. The molecule has 1 fully saturated rings. The molecule has 1 aliphatic rings. The standard InChI is InChI=1S/C22H21FN4O2/c1-22(29,15-4-2-5-16(23)11-15)12-20(28)26-21-25-18-9-8-14(13-24)10-19(18)27(21)17-6-3-7-17/h2,4-5,8-11,17,29H,3,6-7,12H2,1H3,(H,25,26,28)/t22-/m0/s1. The smallest absolute Gasteiger partial charge is 0.229 e. The summed E-state index contributed by atoms with van der Waals surface area (Å²) in [6, 6.07) is 13.2. The fourth-order valence-corrected chi connectivity index (χ4v) is 3.67. The molecule has 7 heteroatoms. The van der Waals surface area contributed by atoms with Gasteiger partial charge in [0.15, 0.2) is 0 Å². The number of aliphatic hydroxyl groups is 1. The van der Waals surface area contributed by atoms with Gasteiger partial charge in [-0.1, -0.05) is 12.1 Å². The van der Waals surface area contributed by atoms with Crippen molar-refractivity contribution >= 4 is 22.9 Å². The molecule has 0 unspecified atom stereocenters.